The van der Waals surface area contributed by atoms with Gasteiger partial charge in [0.1, 0.15) is 11.9 Å². The number of benzene rings is 2. The smallest absolute Gasteiger partial charge is 0.246 e. The second-order valence-corrected chi connectivity index (χ2v) is 6.76. The van der Waals surface area contributed by atoms with Crippen LogP contribution in [0, 0.1) is 24.4 Å². The highest BCUT2D eigenvalue weighted by atomic mass is 19.2. The van der Waals surface area contributed by atoms with E-state index in [2.05, 4.69) is 20.8 Å². The van der Waals surface area contributed by atoms with Crippen LogP contribution < -0.4 is 10.6 Å². The van der Waals surface area contributed by atoms with E-state index in [-0.39, 0.29) is 35.9 Å². The lowest BCUT2D eigenvalue weighted by Crippen LogP contribution is -2.39. The molecular formula is C21H19F3N4O3. The number of aryl methyl sites for hydroxylation is 2. The van der Waals surface area contributed by atoms with E-state index < -0.39 is 29.5 Å². The molecule has 2 aromatic carbocycles. The first kappa shape index (κ1) is 22.0. The predicted molar refractivity (Wildman–Crippen MR) is 104 cm³/mol. The molecule has 0 aliphatic rings. The molecule has 0 bridgehead atoms. The fourth-order valence-electron chi connectivity index (χ4n) is 2.85. The Kier molecular flexibility index (Phi) is 6.68. The number of carbonyl (C=O) groups is 2. The zero-order chi connectivity index (χ0) is 22.5. The Hall–Kier alpha value is -3.69. The van der Waals surface area contributed by atoms with Crippen molar-refractivity contribution in [2.24, 2.45) is 0 Å². The van der Waals surface area contributed by atoms with Gasteiger partial charge in [-0.3, -0.25) is 9.59 Å². The maximum absolute atomic E-state index is 13.5. The first-order valence-corrected chi connectivity index (χ1v) is 9.33. The molecule has 0 saturated carbocycles. The molecule has 7 nitrogen and oxygen atoms in total. The summed E-state index contributed by atoms with van der Waals surface area (Å²) >= 11 is 0. The molecule has 0 spiro atoms. The van der Waals surface area contributed by atoms with Crippen molar-refractivity contribution in [1.29, 1.82) is 0 Å². The lowest BCUT2D eigenvalue weighted by atomic mass is 10.1. The fourth-order valence-corrected chi connectivity index (χ4v) is 2.85. The molecule has 0 radical (unpaired) electrons. The largest absolute Gasteiger partial charge is 0.357 e. The zero-order valence-electron chi connectivity index (χ0n) is 16.7. The van der Waals surface area contributed by atoms with Crippen molar-refractivity contribution in [3.8, 4) is 11.4 Å². The van der Waals surface area contributed by atoms with Crippen LogP contribution in [0.3, 0.4) is 0 Å². The first-order chi connectivity index (χ1) is 14.8. The Balaban J connectivity index is 1.65. The molecule has 3 aromatic rings. The molecule has 0 aliphatic heterocycles. The van der Waals surface area contributed by atoms with E-state index in [4.69, 9.17) is 4.52 Å². The van der Waals surface area contributed by atoms with E-state index in [0.717, 1.165) is 12.1 Å². The average molecular weight is 432 g/mol. The number of aromatic nitrogens is 2. The lowest BCUT2D eigenvalue weighted by molar-refractivity contribution is -0.128. The van der Waals surface area contributed by atoms with E-state index in [1.807, 2.05) is 0 Å². The van der Waals surface area contributed by atoms with Crippen LogP contribution in [0.15, 0.2) is 40.9 Å². The number of halogens is 3. The van der Waals surface area contributed by atoms with Gasteiger partial charge >= 0.3 is 0 Å². The van der Waals surface area contributed by atoms with Crippen LogP contribution in [-0.4, -0.2) is 29.0 Å². The summed E-state index contributed by atoms with van der Waals surface area (Å²) in [6.45, 7) is 1.61. The zero-order valence-corrected chi connectivity index (χ0v) is 16.7. The quantitative estimate of drug-likeness (QED) is 0.598. The third-order valence-electron chi connectivity index (χ3n) is 4.54. The molecule has 2 amide bonds. The SMILES string of the molecule is CNC(=O)C(NC(=O)CCc1nc(-c2ccc(F)c(C)c2)no1)c1ccc(F)c(F)c1. The number of nitrogens with zero attached hydrogens (tertiary/aromatic N) is 2. The Labute approximate surface area is 175 Å². The van der Waals surface area contributed by atoms with Gasteiger partial charge in [-0.1, -0.05) is 11.2 Å². The normalized spacial score (nSPS) is 11.8. The van der Waals surface area contributed by atoms with Crippen molar-refractivity contribution in [1.82, 2.24) is 20.8 Å². The van der Waals surface area contributed by atoms with Crippen molar-refractivity contribution < 1.29 is 27.3 Å². The molecule has 2 N–H and O–H groups in total. The minimum Gasteiger partial charge on any atom is -0.357 e. The lowest BCUT2D eigenvalue weighted by Gasteiger charge is -2.17. The fraction of sp³-hybridized carbons (Fsp3) is 0.238. The Morgan fingerprint density at radius 2 is 1.81 bits per heavy atom. The van der Waals surface area contributed by atoms with Crippen LogP contribution >= 0.6 is 0 Å². The molecule has 1 heterocycles. The molecule has 3 rings (SSSR count). The van der Waals surface area contributed by atoms with Gasteiger partial charge in [0.15, 0.2) is 11.6 Å². The minimum atomic E-state index is -1.20. The maximum Gasteiger partial charge on any atom is 0.246 e. The monoisotopic (exact) mass is 432 g/mol. The highest BCUT2D eigenvalue weighted by Crippen LogP contribution is 2.20. The standard InChI is InChI=1S/C21H19F3N4O3/c1-11-9-13(4-5-14(11)22)20-27-18(31-28-20)8-7-17(29)26-19(21(30)25-2)12-3-6-15(23)16(24)10-12/h3-6,9-10,19H,7-8H2,1-2H3,(H,25,30)(H,26,29). The van der Waals surface area contributed by atoms with Crippen molar-refractivity contribution in [3.05, 3.63) is 70.9 Å². The Bertz CT molecular complexity index is 1120. The van der Waals surface area contributed by atoms with E-state index in [0.29, 0.717) is 11.1 Å². The van der Waals surface area contributed by atoms with E-state index in [1.165, 1.54) is 25.2 Å². The molecule has 1 aromatic heterocycles. The van der Waals surface area contributed by atoms with Crippen LogP contribution in [0.1, 0.15) is 29.5 Å². The van der Waals surface area contributed by atoms with E-state index in [1.54, 1.807) is 13.0 Å². The average Bonchev–Trinajstić information content (AvgIpc) is 3.23. The second kappa shape index (κ2) is 9.41. The summed E-state index contributed by atoms with van der Waals surface area (Å²) in [7, 11) is 1.36. The molecular weight excluding hydrogens is 413 g/mol. The van der Waals surface area contributed by atoms with Crippen LogP contribution in [0.25, 0.3) is 11.4 Å². The predicted octanol–water partition coefficient (Wildman–Crippen LogP) is 3.00. The summed E-state index contributed by atoms with van der Waals surface area (Å²) in [5.74, 6) is -3.23. The summed E-state index contributed by atoms with van der Waals surface area (Å²) in [4.78, 5) is 28.6. The number of rotatable bonds is 7. The van der Waals surface area contributed by atoms with Gasteiger partial charge in [-0.2, -0.15) is 4.98 Å². The summed E-state index contributed by atoms with van der Waals surface area (Å²) in [6, 6.07) is 6.13. The Morgan fingerprint density at radius 1 is 1.06 bits per heavy atom. The third-order valence-corrected chi connectivity index (χ3v) is 4.54. The molecule has 162 valence electrons. The van der Waals surface area contributed by atoms with Gasteiger partial charge in [0.05, 0.1) is 0 Å². The molecule has 10 heteroatoms. The van der Waals surface area contributed by atoms with E-state index in [9.17, 15) is 22.8 Å². The maximum atomic E-state index is 13.5. The van der Waals surface area contributed by atoms with Crippen molar-refractivity contribution in [2.75, 3.05) is 7.05 Å². The van der Waals surface area contributed by atoms with Crippen LogP contribution in [0.4, 0.5) is 13.2 Å². The topological polar surface area (TPSA) is 97.1 Å². The highest BCUT2D eigenvalue weighted by Gasteiger charge is 2.23. The van der Waals surface area contributed by atoms with Gasteiger partial charge < -0.3 is 15.2 Å². The van der Waals surface area contributed by atoms with Crippen LogP contribution in [-0.2, 0) is 16.0 Å². The summed E-state index contributed by atoms with van der Waals surface area (Å²) in [5.41, 5.74) is 1.09. The molecule has 1 atom stereocenters. The van der Waals surface area contributed by atoms with Gasteiger partial charge in [-0.15, -0.1) is 0 Å². The van der Waals surface area contributed by atoms with Gasteiger partial charge in [0, 0.05) is 25.5 Å². The van der Waals surface area contributed by atoms with Gasteiger partial charge in [0.25, 0.3) is 0 Å². The number of nitrogens with one attached hydrogen (secondary N) is 2. The number of amides is 2. The first-order valence-electron chi connectivity index (χ1n) is 9.33. The number of hydrogen-bond donors (Lipinski definition) is 2. The van der Waals surface area contributed by atoms with Gasteiger partial charge in [-0.25, -0.2) is 13.2 Å². The van der Waals surface area contributed by atoms with Crippen molar-refractivity contribution >= 4 is 11.8 Å². The van der Waals surface area contributed by atoms with Crippen molar-refractivity contribution in [3.63, 3.8) is 0 Å². The number of likely N-dealkylation sites (N-methyl/N-ethyl adjacent to an activating group) is 1. The van der Waals surface area contributed by atoms with Gasteiger partial charge in [0.2, 0.25) is 23.5 Å². The second-order valence-electron chi connectivity index (χ2n) is 6.76. The molecule has 0 fully saturated rings. The van der Waals surface area contributed by atoms with Gasteiger partial charge in [-0.05, 0) is 48.4 Å². The van der Waals surface area contributed by atoms with Crippen LogP contribution in [0.2, 0.25) is 0 Å². The number of hydrogen-bond acceptors (Lipinski definition) is 5. The molecule has 0 aliphatic carbocycles. The summed E-state index contributed by atoms with van der Waals surface area (Å²) < 4.78 is 45.2. The molecule has 1 unspecified atom stereocenters. The van der Waals surface area contributed by atoms with Crippen molar-refractivity contribution in [2.45, 2.75) is 25.8 Å². The highest BCUT2D eigenvalue weighted by molar-refractivity contribution is 5.88. The third kappa shape index (κ3) is 5.27. The summed E-state index contributed by atoms with van der Waals surface area (Å²) in [5, 5.41) is 8.67. The molecule has 0 saturated heterocycles. The molecule has 31 heavy (non-hydrogen) atoms. The summed E-state index contributed by atoms with van der Waals surface area (Å²) in [6.07, 6.45) is -0.0154. The number of carbonyl (C=O) groups excluding carboxylic acids is 2. The Morgan fingerprint density at radius 3 is 2.48 bits per heavy atom. The van der Waals surface area contributed by atoms with E-state index >= 15 is 0 Å². The van der Waals surface area contributed by atoms with Crippen LogP contribution in [0.5, 0.6) is 0 Å². The minimum absolute atomic E-state index is 0.0806.